The summed E-state index contributed by atoms with van der Waals surface area (Å²) in [5.74, 6) is -0.343. The molecule has 0 heterocycles. The molecule has 0 amide bonds. The van der Waals surface area contributed by atoms with Crippen molar-refractivity contribution in [2.24, 2.45) is 5.92 Å². The summed E-state index contributed by atoms with van der Waals surface area (Å²) in [7, 11) is -3.74. The summed E-state index contributed by atoms with van der Waals surface area (Å²) in [6, 6.07) is 5.30. The molecule has 0 bridgehead atoms. The zero-order valence-electron chi connectivity index (χ0n) is 10.8. The number of Topliss-reactive ketones (excluding diaryl/α,β-unsaturated/α-hetero) is 1. The average Bonchev–Trinajstić information content (AvgIpc) is 2.82. The molecule has 1 aromatic carbocycles. The number of para-hydroxylation sites is 1. The predicted octanol–water partition coefficient (Wildman–Crippen LogP) is 2.13. The van der Waals surface area contributed by atoms with Crippen LogP contribution in [-0.4, -0.2) is 24.9 Å². The molecule has 0 aliphatic heterocycles. The Morgan fingerprint density at radius 2 is 2.00 bits per heavy atom. The minimum atomic E-state index is -3.74. The van der Waals surface area contributed by atoms with Crippen LogP contribution in [0.5, 0.6) is 0 Å². The van der Waals surface area contributed by atoms with Crippen LogP contribution in [0.4, 0.5) is 5.69 Å². The van der Waals surface area contributed by atoms with Crippen LogP contribution >= 0.6 is 0 Å². The number of carbonyl (C=O) groups excluding carboxylic acids is 1. The van der Waals surface area contributed by atoms with Gasteiger partial charge in [0, 0.05) is 18.4 Å². The lowest BCUT2D eigenvalue weighted by molar-refractivity contribution is -0.387. The molecule has 7 heteroatoms. The minimum Gasteiger partial charge on any atom is -0.299 e. The Kier molecular flexibility index (Phi) is 4.17. The van der Waals surface area contributed by atoms with Crippen molar-refractivity contribution in [3.63, 3.8) is 0 Å². The molecule has 6 nitrogen and oxygen atoms in total. The summed E-state index contributed by atoms with van der Waals surface area (Å²) < 4.78 is 24.4. The number of nitro groups is 1. The van der Waals surface area contributed by atoms with Gasteiger partial charge in [-0.05, 0) is 25.3 Å². The SMILES string of the molecule is O=C1CCCC1CCS(=O)(=O)c1ccccc1[N+](=O)[O-]. The largest absolute Gasteiger partial charge is 0.299 e. The number of hydrogen-bond acceptors (Lipinski definition) is 5. The Labute approximate surface area is 116 Å². The lowest BCUT2D eigenvalue weighted by Crippen LogP contribution is -2.15. The van der Waals surface area contributed by atoms with E-state index in [4.69, 9.17) is 0 Å². The van der Waals surface area contributed by atoms with E-state index in [1.807, 2.05) is 0 Å². The topological polar surface area (TPSA) is 94.3 Å². The summed E-state index contributed by atoms with van der Waals surface area (Å²) in [5, 5.41) is 10.9. The van der Waals surface area contributed by atoms with Gasteiger partial charge >= 0.3 is 0 Å². The van der Waals surface area contributed by atoms with Gasteiger partial charge < -0.3 is 0 Å². The van der Waals surface area contributed by atoms with Gasteiger partial charge in [0.25, 0.3) is 5.69 Å². The smallest absolute Gasteiger partial charge is 0.287 e. The van der Waals surface area contributed by atoms with Crippen molar-refractivity contribution in [3.05, 3.63) is 34.4 Å². The van der Waals surface area contributed by atoms with Crippen LogP contribution in [0, 0.1) is 16.0 Å². The van der Waals surface area contributed by atoms with E-state index in [-0.39, 0.29) is 28.8 Å². The van der Waals surface area contributed by atoms with E-state index < -0.39 is 20.4 Å². The number of carbonyl (C=O) groups is 1. The number of rotatable bonds is 5. The second-order valence-electron chi connectivity index (χ2n) is 4.89. The van der Waals surface area contributed by atoms with E-state index >= 15 is 0 Å². The molecule has 0 radical (unpaired) electrons. The summed E-state index contributed by atoms with van der Waals surface area (Å²) in [4.78, 5) is 21.4. The molecule has 1 atom stereocenters. The summed E-state index contributed by atoms with van der Waals surface area (Å²) in [5.41, 5.74) is -0.412. The van der Waals surface area contributed by atoms with Crippen LogP contribution in [0.3, 0.4) is 0 Å². The molecule has 1 unspecified atom stereocenters. The highest BCUT2D eigenvalue weighted by atomic mass is 32.2. The second kappa shape index (κ2) is 5.70. The standard InChI is InChI=1S/C13H15NO5S/c15-12-6-3-4-10(12)8-9-20(18,19)13-7-2-1-5-11(13)14(16)17/h1-2,5,7,10H,3-4,6,8-9H2. The molecule has 2 rings (SSSR count). The molecular weight excluding hydrogens is 282 g/mol. The van der Waals surface area contributed by atoms with Crippen molar-refractivity contribution in [2.75, 3.05) is 5.75 Å². The molecule has 0 saturated heterocycles. The molecular formula is C13H15NO5S. The molecule has 0 spiro atoms. The van der Waals surface area contributed by atoms with E-state index in [0.717, 1.165) is 6.42 Å². The number of benzene rings is 1. The van der Waals surface area contributed by atoms with Crippen molar-refractivity contribution in [3.8, 4) is 0 Å². The van der Waals surface area contributed by atoms with Crippen LogP contribution in [0.15, 0.2) is 29.2 Å². The van der Waals surface area contributed by atoms with Crippen LogP contribution in [0.25, 0.3) is 0 Å². The highest BCUT2D eigenvalue weighted by Gasteiger charge is 2.29. The quantitative estimate of drug-likeness (QED) is 0.613. The van der Waals surface area contributed by atoms with Crippen LogP contribution in [0.1, 0.15) is 25.7 Å². The van der Waals surface area contributed by atoms with Crippen molar-refractivity contribution in [1.82, 2.24) is 0 Å². The molecule has 20 heavy (non-hydrogen) atoms. The number of sulfone groups is 1. The van der Waals surface area contributed by atoms with Crippen molar-refractivity contribution in [2.45, 2.75) is 30.6 Å². The molecule has 1 saturated carbocycles. The lowest BCUT2D eigenvalue weighted by Gasteiger charge is -2.08. The Morgan fingerprint density at radius 1 is 1.30 bits per heavy atom. The third-order valence-electron chi connectivity index (χ3n) is 3.56. The Bertz CT molecular complexity index is 638. The minimum absolute atomic E-state index is 0.0998. The first-order chi connectivity index (χ1) is 9.42. The van der Waals surface area contributed by atoms with Gasteiger partial charge in [-0.25, -0.2) is 8.42 Å². The lowest BCUT2D eigenvalue weighted by atomic mass is 10.1. The highest BCUT2D eigenvalue weighted by Crippen LogP contribution is 2.28. The predicted molar refractivity (Wildman–Crippen MR) is 72.1 cm³/mol. The molecule has 1 aromatic rings. The van der Waals surface area contributed by atoms with Crippen molar-refractivity contribution in [1.29, 1.82) is 0 Å². The van der Waals surface area contributed by atoms with Gasteiger partial charge in [-0.15, -0.1) is 0 Å². The first-order valence-corrected chi connectivity index (χ1v) is 8.06. The Balaban J connectivity index is 2.18. The number of nitrogens with zero attached hydrogens (tertiary/aromatic N) is 1. The number of hydrogen-bond donors (Lipinski definition) is 0. The number of nitro benzene ring substituents is 1. The molecule has 0 aromatic heterocycles. The Morgan fingerprint density at radius 3 is 2.60 bits per heavy atom. The maximum Gasteiger partial charge on any atom is 0.287 e. The van der Waals surface area contributed by atoms with Gasteiger partial charge in [0.2, 0.25) is 0 Å². The van der Waals surface area contributed by atoms with Gasteiger partial charge in [0.15, 0.2) is 9.84 Å². The normalized spacial score (nSPS) is 19.2. The van der Waals surface area contributed by atoms with Gasteiger partial charge in [-0.1, -0.05) is 12.1 Å². The average molecular weight is 297 g/mol. The zero-order valence-corrected chi connectivity index (χ0v) is 11.6. The number of ketones is 1. The third kappa shape index (κ3) is 3.04. The van der Waals surface area contributed by atoms with E-state index in [0.29, 0.717) is 12.8 Å². The van der Waals surface area contributed by atoms with Crippen LogP contribution in [0.2, 0.25) is 0 Å². The van der Waals surface area contributed by atoms with Crippen LogP contribution in [-0.2, 0) is 14.6 Å². The third-order valence-corrected chi connectivity index (χ3v) is 5.35. The van der Waals surface area contributed by atoms with E-state index in [9.17, 15) is 23.3 Å². The van der Waals surface area contributed by atoms with Gasteiger partial charge in [-0.3, -0.25) is 14.9 Å². The fraction of sp³-hybridized carbons (Fsp3) is 0.462. The molecule has 0 N–H and O–H groups in total. The molecule has 1 fully saturated rings. The monoisotopic (exact) mass is 297 g/mol. The fourth-order valence-corrected chi connectivity index (χ4v) is 4.03. The second-order valence-corrected chi connectivity index (χ2v) is 6.97. The summed E-state index contributed by atoms with van der Waals surface area (Å²) >= 11 is 0. The van der Waals surface area contributed by atoms with Gasteiger partial charge in [0.05, 0.1) is 10.7 Å². The highest BCUT2D eigenvalue weighted by molar-refractivity contribution is 7.91. The maximum absolute atomic E-state index is 12.2. The van der Waals surface area contributed by atoms with Crippen molar-refractivity contribution >= 4 is 21.3 Å². The fourth-order valence-electron chi connectivity index (χ4n) is 2.47. The molecule has 108 valence electrons. The van der Waals surface area contributed by atoms with Gasteiger partial charge in [-0.2, -0.15) is 0 Å². The van der Waals surface area contributed by atoms with E-state index in [1.54, 1.807) is 0 Å². The zero-order chi connectivity index (χ0) is 14.8. The Hall–Kier alpha value is -1.76. The van der Waals surface area contributed by atoms with Crippen molar-refractivity contribution < 1.29 is 18.1 Å². The first kappa shape index (κ1) is 14.6. The van der Waals surface area contributed by atoms with Crippen LogP contribution < -0.4 is 0 Å². The molecule has 1 aliphatic carbocycles. The summed E-state index contributed by atoms with van der Waals surface area (Å²) in [6.07, 6.45) is 2.27. The first-order valence-electron chi connectivity index (χ1n) is 6.41. The van der Waals surface area contributed by atoms with E-state index in [2.05, 4.69) is 0 Å². The maximum atomic E-state index is 12.2. The molecule has 1 aliphatic rings. The van der Waals surface area contributed by atoms with Gasteiger partial charge in [0.1, 0.15) is 10.7 Å². The van der Waals surface area contributed by atoms with E-state index in [1.165, 1.54) is 24.3 Å². The summed E-state index contributed by atoms with van der Waals surface area (Å²) in [6.45, 7) is 0.